The van der Waals surface area contributed by atoms with Crippen LogP contribution >= 0.6 is 11.6 Å². The molecule has 0 radical (unpaired) electrons. The van der Waals surface area contributed by atoms with E-state index in [1.54, 1.807) is 6.07 Å². The van der Waals surface area contributed by atoms with Crippen LogP contribution in [0.2, 0.25) is 5.02 Å². The highest BCUT2D eigenvalue weighted by atomic mass is 35.5. The number of ether oxygens (including phenoxy) is 1. The third-order valence-corrected chi connectivity index (χ3v) is 4.35. The van der Waals surface area contributed by atoms with Crippen LogP contribution in [0.5, 0.6) is 0 Å². The van der Waals surface area contributed by atoms with E-state index in [4.69, 9.17) is 16.3 Å². The SMILES string of the molecule is OCC(CO)(CCC1CCCO1)c1ccccc1Cl. The molecule has 0 bridgehead atoms. The molecule has 3 nitrogen and oxygen atoms in total. The molecule has 19 heavy (non-hydrogen) atoms. The van der Waals surface area contributed by atoms with Crippen molar-refractivity contribution in [3.8, 4) is 0 Å². The van der Waals surface area contributed by atoms with Crippen molar-refractivity contribution in [2.24, 2.45) is 0 Å². The Morgan fingerprint density at radius 3 is 2.58 bits per heavy atom. The van der Waals surface area contributed by atoms with Gasteiger partial charge < -0.3 is 14.9 Å². The van der Waals surface area contributed by atoms with E-state index in [2.05, 4.69) is 0 Å². The van der Waals surface area contributed by atoms with Gasteiger partial charge in [-0.2, -0.15) is 0 Å². The Balaban J connectivity index is 2.14. The van der Waals surface area contributed by atoms with Crippen LogP contribution in [0.3, 0.4) is 0 Å². The first-order valence-corrected chi connectivity index (χ1v) is 7.18. The summed E-state index contributed by atoms with van der Waals surface area (Å²) in [6, 6.07) is 7.41. The van der Waals surface area contributed by atoms with E-state index in [0.717, 1.165) is 31.4 Å². The Bertz CT molecular complexity index is 398. The quantitative estimate of drug-likeness (QED) is 0.844. The Morgan fingerprint density at radius 2 is 2.00 bits per heavy atom. The summed E-state index contributed by atoms with van der Waals surface area (Å²) in [6.45, 7) is 0.599. The van der Waals surface area contributed by atoms with Gasteiger partial charge in [0.1, 0.15) is 0 Å². The maximum absolute atomic E-state index is 9.77. The van der Waals surface area contributed by atoms with Gasteiger partial charge in [0.25, 0.3) is 0 Å². The summed E-state index contributed by atoms with van der Waals surface area (Å²) >= 11 is 6.21. The normalized spacial score (nSPS) is 19.8. The Kier molecular flexibility index (Phi) is 5.22. The molecule has 2 N–H and O–H groups in total. The lowest BCUT2D eigenvalue weighted by atomic mass is 9.77. The van der Waals surface area contributed by atoms with E-state index in [1.807, 2.05) is 18.2 Å². The molecule has 1 unspecified atom stereocenters. The first-order chi connectivity index (χ1) is 9.22. The molecule has 106 valence electrons. The zero-order valence-electron chi connectivity index (χ0n) is 11.0. The molecule has 1 atom stereocenters. The maximum Gasteiger partial charge on any atom is 0.0576 e. The predicted octanol–water partition coefficient (Wildman–Crippen LogP) is 2.52. The first kappa shape index (κ1) is 14.8. The van der Waals surface area contributed by atoms with Gasteiger partial charge in [0.2, 0.25) is 0 Å². The van der Waals surface area contributed by atoms with Crippen LogP contribution in [-0.2, 0) is 10.2 Å². The number of hydrogen-bond donors (Lipinski definition) is 2. The standard InChI is InChI=1S/C15H21ClO3/c16-14-6-2-1-5-13(14)15(10-17,11-18)8-7-12-4-3-9-19-12/h1-2,5-6,12,17-18H,3-4,7-11H2. The number of benzene rings is 1. The van der Waals surface area contributed by atoms with Gasteiger partial charge in [-0.25, -0.2) is 0 Å². The molecular weight excluding hydrogens is 264 g/mol. The zero-order chi connectivity index (χ0) is 13.7. The molecule has 0 aromatic heterocycles. The second-order valence-corrected chi connectivity index (χ2v) is 5.66. The molecule has 1 aliphatic heterocycles. The molecular formula is C15H21ClO3. The molecule has 1 saturated heterocycles. The minimum absolute atomic E-state index is 0.111. The molecule has 1 heterocycles. The fourth-order valence-corrected chi connectivity index (χ4v) is 3.05. The lowest BCUT2D eigenvalue weighted by Crippen LogP contribution is -2.36. The molecule has 0 aliphatic carbocycles. The lowest BCUT2D eigenvalue weighted by molar-refractivity contribution is 0.0684. The van der Waals surface area contributed by atoms with Gasteiger partial charge in [-0.05, 0) is 37.3 Å². The minimum atomic E-state index is -0.676. The van der Waals surface area contributed by atoms with E-state index >= 15 is 0 Å². The molecule has 0 saturated carbocycles. The fourth-order valence-electron chi connectivity index (χ4n) is 2.71. The van der Waals surface area contributed by atoms with Crippen molar-refractivity contribution >= 4 is 11.6 Å². The van der Waals surface area contributed by atoms with Gasteiger partial charge in [-0.15, -0.1) is 0 Å². The molecule has 0 amide bonds. The minimum Gasteiger partial charge on any atom is -0.395 e. The van der Waals surface area contributed by atoms with E-state index < -0.39 is 5.41 Å². The molecule has 2 rings (SSSR count). The van der Waals surface area contributed by atoms with Crippen LogP contribution in [0.4, 0.5) is 0 Å². The average molecular weight is 285 g/mol. The van der Waals surface area contributed by atoms with Crippen LogP contribution < -0.4 is 0 Å². The van der Waals surface area contributed by atoms with Gasteiger partial charge >= 0.3 is 0 Å². The van der Waals surface area contributed by atoms with Crippen LogP contribution in [0, 0.1) is 0 Å². The van der Waals surface area contributed by atoms with Crippen molar-refractivity contribution < 1.29 is 14.9 Å². The Labute approximate surface area is 119 Å². The Hall–Kier alpha value is -0.610. The van der Waals surface area contributed by atoms with Gasteiger partial charge in [0.15, 0.2) is 0 Å². The summed E-state index contributed by atoms with van der Waals surface area (Å²) in [5.41, 5.74) is 0.143. The predicted molar refractivity (Wildman–Crippen MR) is 75.5 cm³/mol. The topological polar surface area (TPSA) is 49.7 Å². The summed E-state index contributed by atoms with van der Waals surface area (Å²) < 4.78 is 5.61. The fraction of sp³-hybridized carbons (Fsp3) is 0.600. The van der Waals surface area contributed by atoms with Gasteiger partial charge in [0, 0.05) is 17.0 Å². The highest BCUT2D eigenvalue weighted by molar-refractivity contribution is 6.31. The van der Waals surface area contributed by atoms with Crippen LogP contribution in [0.1, 0.15) is 31.2 Å². The summed E-state index contributed by atoms with van der Waals surface area (Å²) in [4.78, 5) is 0. The van der Waals surface area contributed by atoms with Crippen molar-refractivity contribution in [2.75, 3.05) is 19.8 Å². The Morgan fingerprint density at radius 1 is 1.26 bits per heavy atom. The lowest BCUT2D eigenvalue weighted by Gasteiger charge is -2.32. The number of aliphatic hydroxyl groups is 2. The van der Waals surface area contributed by atoms with E-state index in [1.165, 1.54) is 0 Å². The van der Waals surface area contributed by atoms with Gasteiger partial charge in [-0.3, -0.25) is 0 Å². The van der Waals surface area contributed by atoms with Crippen molar-refractivity contribution in [3.63, 3.8) is 0 Å². The smallest absolute Gasteiger partial charge is 0.0576 e. The van der Waals surface area contributed by atoms with Gasteiger partial charge in [0.05, 0.1) is 19.3 Å². The van der Waals surface area contributed by atoms with Crippen molar-refractivity contribution in [2.45, 2.75) is 37.2 Å². The monoisotopic (exact) mass is 284 g/mol. The zero-order valence-corrected chi connectivity index (χ0v) is 11.8. The highest BCUT2D eigenvalue weighted by Gasteiger charge is 2.34. The molecule has 1 aliphatic rings. The van der Waals surface area contributed by atoms with E-state index in [9.17, 15) is 10.2 Å². The summed E-state index contributed by atoms with van der Waals surface area (Å²) in [7, 11) is 0. The van der Waals surface area contributed by atoms with Crippen molar-refractivity contribution in [1.29, 1.82) is 0 Å². The molecule has 1 fully saturated rings. The number of hydrogen-bond acceptors (Lipinski definition) is 3. The molecule has 0 spiro atoms. The summed E-state index contributed by atoms with van der Waals surface area (Å²) in [5.74, 6) is 0. The second kappa shape index (κ2) is 6.71. The van der Waals surface area contributed by atoms with Crippen LogP contribution in [-0.4, -0.2) is 36.1 Å². The number of rotatable bonds is 6. The van der Waals surface area contributed by atoms with E-state index in [-0.39, 0.29) is 19.3 Å². The molecule has 1 aromatic rings. The average Bonchev–Trinajstić information content (AvgIpc) is 2.95. The van der Waals surface area contributed by atoms with Crippen LogP contribution in [0.15, 0.2) is 24.3 Å². The van der Waals surface area contributed by atoms with Crippen LogP contribution in [0.25, 0.3) is 0 Å². The summed E-state index contributed by atoms with van der Waals surface area (Å²) in [6.07, 6.45) is 3.93. The molecule has 4 heteroatoms. The molecule has 1 aromatic carbocycles. The number of halogens is 1. The highest BCUT2D eigenvalue weighted by Crippen LogP contribution is 2.35. The second-order valence-electron chi connectivity index (χ2n) is 5.25. The largest absolute Gasteiger partial charge is 0.395 e. The maximum atomic E-state index is 9.77. The van der Waals surface area contributed by atoms with Crippen molar-refractivity contribution in [3.05, 3.63) is 34.9 Å². The third kappa shape index (κ3) is 3.29. The van der Waals surface area contributed by atoms with E-state index in [0.29, 0.717) is 11.4 Å². The summed E-state index contributed by atoms with van der Waals surface area (Å²) in [5, 5.41) is 20.1. The third-order valence-electron chi connectivity index (χ3n) is 4.02. The first-order valence-electron chi connectivity index (χ1n) is 6.80. The van der Waals surface area contributed by atoms with Crippen molar-refractivity contribution in [1.82, 2.24) is 0 Å². The van der Waals surface area contributed by atoms with Gasteiger partial charge in [-0.1, -0.05) is 29.8 Å². The number of aliphatic hydroxyl groups excluding tert-OH is 2.